The van der Waals surface area contributed by atoms with Gasteiger partial charge in [0, 0.05) is 0 Å². The Bertz CT molecular complexity index is 521. The van der Waals surface area contributed by atoms with Crippen LogP contribution in [0.15, 0.2) is 0 Å². The lowest BCUT2D eigenvalue weighted by Crippen LogP contribution is -2.34. The molecule has 0 spiro atoms. The standard InChI is InChI=1S/C5H13O14P3/c6-3-2(1-16-20(8,9)10)17-5(4(3)7)18-22(14,15)19-21(11,12)13/h2-7H,1H2,(H,14,15)(H2,8,9,10)(H2,11,12,13)/t2-,3-,4-,5+/m1/s1. The Morgan fingerprint density at radius 1 is 0.909 bits per heavy atom. The summed E-state index contributed by atoms with van der Waals surface area (Å²) >= 11 is 0. The number of aliphatic hydroxyl groups excluding tert-OH is 2. The van der Waals surface area contributed by atoms with Crippen LogP contribution in [0.2, 0.25) is 0 Å². The second kappa shape index (κ2) is 7.01. The lowest BCUT2D eigenvalue weighted by molar-refractivity contribution is -0.125. The first-order valence-electron chi connectivity index (χ1n) is 5.20. The molecule has 0 bridgehead atoms. The number of hydrogen-bond acceptors (Lipinski definition) is 9. The third-order valence-electron chi connectivity index (χ3n) is 2.17. The minimum absolute atomic E-state index is 0.905. The molecule has 0 saturated carbocycles. The molecule has 5 atom stereocenters. The molecule has 0 aliphatic carbocycles. The van der Waals surface area contributed by atoms with Gasteiger partial charge in [0.25, 0.3) is 0 Å². The van der Waals surface area contributed by atoms with E-state index >= 15 is 0 Å². The molecule has 1 aliphatic rings. The maximum atomic E-state index is 11.3. The van der Waals surface area contributed by atoms with E-state index in [4.69, 9.17) is 24.5 Å². The highest BCUT2D eigenvalue weighted by molar-refractivity contribution is 7.60. The van der Waals surface area contributed by atoms with Crippen LogP contribution < -0.4 is 0 Å². The zero-order valence-electron chi connectivity index (χ0n) is 10.3. The van der Waals surface area contributed by atoms with Gasteiger partial charge in [-0.05, 0) is 0 Å². The molecule has 132 valence electrons. The quantitative estimate of drug-likeness (QED) is 0.228. The molecule has 0 radical (unpaired) electrons. The molecule has 17 heteroatoms. The zero-order chi connectivity index (χ0) is 17.3. The van der Waals surface area contributed by atoms with Crippen LogP contribution >= 0.6 is 23.5 Å². The molecule has 1 aliphatic heterocycles. The van der Waals surface area contributed by atoms with Gasteiger partial charge in [0.2, 0.25) is 0 Å². The molecule has 1 unspecified atom stereocenters. The van der Waals surface area contributed by atoms with Crippen LogP contribution in [0.1, 0.15) is 0 Å². The number of aliphatic hydroxyl groups is 2. The topological polar surface area (TPSA) is 230 Å². The first-order chi connectivity index (χ1) is 9.70. The highest BCUT2D eigenvalue weighted by Gasteiger charge is 2.48. The van der Waals surface area contributed by atoms with Crippen LogP contribution in [0, 0.1) is 0 Å². The Morgan fingerprint density at radius 2 is 1.45 bits per heavy atom. The molecule has 0 amide bonds. The van der Waals surface area contributed by atoms with Gasteiger partial charge in [-0.15, -0.1) is 0 Å². The van der Waals surface area contributed by atoms with E-state index in [9.17, 15) is 23.9 Å². The average molecular weight is 390 g/mol. The third-order valence-corrected chi connectivity index (χ3v) is 4.81. The fourth-order valence-corrected chi connectivity index (χ4v) is 3.40. The van der Waals surface area contributed by atoms with E-state index in [1.807, 2.05) is 0 Å². The van der Waals surface area contributed by atoms with Crippen LogP contribution in [0.25, 0.3) is 0 Å². The van der Waals surface area contributed by atoms with E-state index in [-0.39, 0.29) is 0 Å². The summed E-state index contributed by atoms with van der Waals surface area (Å²) in [6.07, 6.45) is -7.43. The molecule has 1 heterocycles. The molecule has 0 aromatic carbocycles. The second-order valence-corrected chi connectivity index (χ2v) is 7.98. The van der Waals surface area contributed by atoms with Gasteiger partial charge in [0.05, 0.1) is 6.61 Å². The predicted octanol–water partition coefficient (Wildman–Crippen LogP) is -2.23. The van der Waals surface area contributed by atoms with Crippen LogP contribution in [0.3, 0.4) is 0 Å². The molecule has 22 heavy (non-hydrogen) atoms. The van der Waals surface area contributed by atoms with Crippen molar-refractivity contribution in [2.24, 2.45) is 0 Å². The van der Waals surface area contributed by atoms with Gasteiger partial charge in [-0.25, -0.2) is 13.7 Å². The van der Waals surface area contributed by atoms with Crippen molar-refractivity contribution >= 4 is 23.5 Å². The van der Waals surface area contributed by atoms with Crippen LogP contribution in [0.4, 0.5) is 0 Å². The molecular weight excluding hydrogens is 377 g/mol. The van der Waals surface area contributed by atoms with E-state index in [0.29, 0.717) is 0 Å². The summed E-state index contributed by atoms with van der Waals surface area (Å²) in [7, 11) is -15.7. The van der Waals surface area contributed by atoms with Crippen molar-refractivity contribution < 1.29 is 66.5 Å². The predicted molar refractivity (Wildman–Crippen MR) is 62.7 cm³/mol. The van der Waals surface area contributed by atoms with Crippen molar-refractivity contribution in [1.29, 1.82) is 0 Å². The van der Waals surface area contributed by atoms with Gasteiger partial charge in [-0.3, -0.25) is 9.05 Å². The van der Waals surface area contributed by atoms with Crippen LogP contribution in [-0.2, 0) is 31.8 Å². The SMILES string of the molecule is O=P(O)(O)OC[C@H]1O[C@@H](OP(=O)(O)OP(=O)(O)O)[C@H](O)[C@@H]1O. The first kappa shape index (κ1) is 20.3. The fraction of sp³-hybridized carbons (Fsp3) is 1.00. The van der Waals surface area contributed by atoms with Gasteiger partial charge in [0.1, 0.15) is 18.3 Å². The number of rotatable bonds is 7. The lowest BCUT2D eigenvalue weighted by atomic mass is 10.1. The van der Waals surface area contributed by atoms with Crippen molar-refractivity contribution in [2.75, 3.05) is 6.61 Å². The van der Waals surface area contributed by atoms with Gasteiger partial charge >= 0.3 is 23.5 Å². The van der Waals surface area contributed by atoms with Gasteiger partial charge in [-0.1, -0.05) is 0 Å². The molecule has 14 nitrogen and oxygen atoms in total. The van der Waals surface area contributed by atoms with E-state index in [1.54, 1.807) is 0 Å². The highest BCUT2D eigenvalue weighted by Crippen LogP contribution is 2.58. The number of phosphoric ester groups is 2. The summed E-state index contributed by atoms with van der Waals surface area (Å²) in [6.45, 7) is -0.905. The van der Waals surface area contributed by atoms with Crippen molar-refractivity contribution in [1.82, 2.24) is 0 Å². The zero-order valence-corrected chi connectivity index (χ0v) is 13.0. The lowest BCUT2D eigenvalue weighted by Gasteiger charge is -2.18. The molecule has 0 aromatic rings. The summed E-state index contributed by atoms with van der Waals surface area (Å²) in [4.78, 5) is 42.8. The van der Waals surface area contributed by atoms with Crippen molar-refractivity contribution in [2.45, 2.75) is 24.6 Å². The summed E-state index contributed by atoms with van der Waals surface area (Å²) in [5.41, 5.74) is 0. The molecular formula is C5H13O14P3. The fourth-order valence-electron chi connectivity index (χ4n) is 1.39. The molecule has 1 rings (SSSR count). The first-order valence-corrected chi connectivity index (χ1v) is 9.75. The third kappa shape index (κ3) is 6.79. The minimum atomic E-state index is -5.39. The summed E-state index contributed by atoms with van der Waals surface area (Å²) in [6, 6.07) is 0. The summed E-state index contributed by atoms with van der Waals surface area (Å²) in [5, 5.41) is 19.0. The van der Waals surface area contributed by atoms with Crippen molar-refractivity contribution in [3.05, 3.63) is 0 Å². The van der Waals surface area contributed by atoms with Crippen molar-refractivity contribution in [3.8, 4) is 0 Å². The average Bonchev–Trinajstić information content (AvgIpc) is 2.49. The van der Waals surface area contributed by atoms with E-state index in [1.165, 1.54) is 0 Å². The minimum Gasteiger partial charge on any atom is -0.387 e. The van der Waals surface area contributed by atoms with E-state index in [2.05, 4.69) is 18.1 Å². The Kier molecular flexibility index (Phi) is 6.47. The summed E-state index contributed by atoms with van der Waals surface area (Å²) in [5.74, 6) is 0. The van der Waals surface area contributed by atoms with Crippen molar-refractivity contribution in [3.63, 3.8) is 0 Å². The second-order valence-electron chi connectivity index (χ2n) is 3.96. The Hall–Kier alpha value is 0.250. The largest absolute Gasteiger partial charge is 0.483 e. The highest BCUT2D eigenvalue weighted by atomic mass is 31.3. The van der Waals surface area contributed by atoms with Crippen LogP contribution in [-0.4, -0.2) is 65.9 Å². The summed E-state index contributed by atoms with van der Waals surface area (Å²) < 4.78 is 48.5. The molecule has 1 saturated heterocycles. The Labute approximate surface area is 122 Å². The molecule has 1 fully saturated rings. The maximum absolute atomic E-state index is 11.3. The maximum Gasteiger partial charge on any atom is 0.483 e. The van der Waals surface area contributed by atoms with Crippen LogP contribution in [0.5, 0.6) is 0 Å². The van der Waals surface area contributed by atoms with E-state index < -0.39 is 54.7 Å². The Morgan fingerprint density at radius 3 is 1.91 bits per heavy atom. The molecule has 7 N–H and O–H groups in total. The molecule has 0 aromatic heterocycles. The Balaban J connectivity index is 2.68. The number of phosphoric acid groups is 3. The normalized spacial score (nSPS) is 32.9. The van der Waals surface area contributed by atoms with E-state index in [0.717, 1.165) is 0 Å². The number of hydrogen-bond donors (Lipinski definition) is 7. The number of ether oxygens (including phenoxy) is 1. The smallest absolute Gasteiger partial charge is 0.387 e. The monoisotopic (exact) mass is 390 g/mol. The van der Waals surface area contributed by atoms with Gasteiger partial charge in [0.15, 0.2) is 6.29 Å². The van der Waals surface area contributed by atoms with Gasteiger partial charge < -0.3 is 39.4 Å². The van der Waals surface area contributed by atoms with Gasteiger partial charge in [-0.2, -0.15) is 4.31 Å².